The van der Waals surface area contributed by atoms with Gasteiger partial charge in [0.15, 0.2) is 11.5 Å². The molecule has 0 aliphatic carbocycles. The summed E-state index contributed by atoms with van der Waals surface area (Å²) in [6.45, 7) is 2.74. The van der Waals surface area contributed by atoms with Gasteiger partial charge in [-0.05, 0) is 19.1 Å². The summed E-state index contributed by atoms with van der Waals surface area (Å²) in [6.07, 6.45) is 0.387. The first-order valence-corrected chi connectivity index (χ1v) is 7.50. The lowest BCUT2D eigenvalue weighted by atomic mass is 10.1. The number of carbonyl (C=O) groups is 1. The van der Waals surface area contributed by atoms with E-state index >= 15 is 0 Å². The molecule has 0 spiro atoms. The molecule has 0 bridgehead atoms. The van der Waals surface area contributed by atoms with Gasteiger partial charge in [0.25, 0.3) is 5.91 Å². The Bertz CT molecular complexity index is 617. The Kier molecular flexibility index (Phi) is 7.73. The Balaban J connectivity index is 3.11. The number of hydrogen-bond acceptors (Lipinski definition) is 5. The summed E-state index contributed by atoms with van der Waals surface area (Å²) in [5.74, 6) is 0.441. The maximum Gasteiger partial charge on any atom is 0.254 e. The Morgan fingerprint density at radius 3 is 2.35 bits per heavy atom. The minimum Gasteiger partial charge on any atom is -0.493 e. The third kappa shape index (κ3) is 5.05. The molecule has 7 heteroatoms. The van der Waals surface area contributed by atoms with E-state index in [0.29, 0.717) is 23.7 Å². The smallest absolute Gasteiger partial charge is 0.254 e. The minimum atomic E-state index is -0.307. The average Bonchev–Trinajstić information content (AvgIpc) is 2.56. The van der Waals surface area contributed by atoms with Gasteiger partial charge in [-0.2, -0.15) is 10.5 Å². The predicted molar refractivity (Wildman–Crippen MR) is 85.5 cm³/mol. The van der Waals surface area contributed by atoms with Crippen LogP contribution in [0.5, 0.6) is 11.5 Å². The van der Waals surface area contributed by atoms with Gasteiger partial charge in [0.2, 0.25) is 0 Å². The van der Waals surface area contributed by atoms with Crippen LogP contribution in [0.1, 0.15) is 30.1 Å². The molecule has 0 saturated carbocycles. The van der Waals surface area contributed by atoms with Crippen LogP contribution in [0.3, 0.4) is 0 Å². The minimum absolute atomic E-state index is 0.194. The maximum absolute atomic E-state index is 12.6. The Morgan fingerprint density at radius 1 is 1.26 bits per heavy atom. The molecule has 6 nitrogen and oxygen atoms in total. The zero-order valence-electron chi connectivity index (χ0n) is 13.1. The fourth-order valence-corrected chi connectivity index (χ4v) is 2.26. The van der Waals surface area contributed by atoms with E-state index in [9.17, 15) is 4.79 Å². The second-order valence-electron chi connectivity index (χ2n) is 4.53. The summed E-state index contributed by atoms with van der Waals surface area (Å²) >= 11 is 6.17. The lowest BCUT2D eigenvalue weighted by molar-refractivity contribution is 0.0762. The number of halogens is 1. The number of ether oxygens (including phenoxy) is 2. The molecule has 0 aliphatic heterocycles. The Labute approximate surface area is 140 Å². The van der Waals surface area contributed by atoms with E-state index in [1.54, 1.807) is 6.07 Å². The first-order chi connectivity index (χ1) is 11.1. The molecule has 0 fully saturated rings. The van der Waals surface area contributed by atoms with Crippen LogP contribution in [0.4, 0.5) is 0 Å². The molecule has 0 aromatic heterocycles. The molecule has 23 heavy (non-hydrogen) atoms. The number of benzene rings is 1. The highest BCUT2D eigenvalue weighted by Crippen LogP contribution is 2.36. The van der Waals surface area contributed by atoms with Crippen molar-refractivity contribution in [1.29, 1.82) is 10.5 Å². The third-order valence-corrected chi connectivity index (χ3v) is 3.32. The SMILES string of the molecule is CCOc1c(Cl)cc(C(=O)N(CCC#N)CCC#N)cc1OC. The van der Waals surface area contributed by atoms with Crippen molar-refractivity contribution in [2.75, 3.05) is 26.8 Å². The van der Waals surface area contributed by atoms with Gasteiger partial charge in [-0.3, -0.25) is 4.79 Å². The summed E-state index contributed by atoms with van der Waals surface area (Å²) in [5, 5.41) is 17.7. The number of carbonyl (C=O) groups excluding carboxylic acids is 1. The number of methoxy groups -OCH3 is 1. The number of nitrogens with zero attached hydrogens (tertiary/aromatic N) is 3. The van der Waals surface area contributed by atoms with Crippen LogP contribution < -0.4 is 9.47 Å². The summed E-state index contributed by atoms with van der Waals surface area (Å²) < 4.78 is 10.6. The molecule has 0 aliphatic rings. The molecule has 0 unspecified atom stereocenters. The average molecular weight is 336 g/mol. The maximum atomic E-state index is 12.6. The van der Waals surface area contributed by atoms with E-state index < -0.39 is 0 Å². The van der Waals surface area contributed by atoms with Crippen LogP contribution in [-0.4, -0.2) is 37.6 Å². The predicted octanol–water partition coefficient (Wildman–Crippen LogP) is 3.02. The molecule has 1 aromatic rings. The van der Waals surface area contributed by atoms with E-state index in [-0.39, 0.29) is 36.9 Å². The van der Waals surface area contributed by atoms with Gasteiger partial charge in [0, 0.05) is 18.7 Å². The highest BCUT2D eigenvalue weighted by Gasteiger charge is 2.20. The number of hydrogen-bond donors (Lipinski definition) is 0. The Hall–Kier alpha value is -2.44. The van der Waals surface area contributed by atoms with Crippen LogP contribution in [0.2, 0.25) is 5.02 Å². The molecule has 0 saturated heterocycles. The van der Waals surface area contributed by atoms with Crippen molar-refractivity contribution in [3.05, 3.63) is 22.7 Å². The summed E-state index contributed by atoms with van der Waals surface area (Å²) in [4.78, 5) is 14.1. The molecule has 1 aromatic carbocycles. The van der Waals surface area contributed by atoms with Crippen molar-refractivity contribution in [2.45, 2.75) is 19.8 Å². The topological polar surface area (TPSA) is 86.4 Å². The van der Waals surface area contributed by atoms with E-state index in [2.05, 4.69) is 0 Å². The van der Waals surface area contributed by atoms with Crippen molar-refractivity contribution in [3.63, 3.8) is 0 Å². The van der Waals surface area contributed by atoms with Crippen LogP contribution in [-0.2, 0) is 0 Å². The molecule has 0 heterocycles. The highest BCUT2D eigenvalue weighted by molar-refractivity contribution is 6.32. The lowest BCUT2D eigenvalue weighted by Crippen LogP contribution is -2.32. The Morgan fingerprint density at radius 2 is 1.87 bits per heavy atom. The van der Waals surface area contributed by atoms with E-state index in [1.165, 1.54) is 18.1 Å². The van der Waals surface area contributed by atoms with Crippen molar-refractivity contribution in [1.82, 2.24) is 4.90 Å². The highest BCUT2D eigenvalue weighted by atomic mass is 35.5. The molecule has 0 radical (unpaired) electrons. The molecular formula is C16H18ClN3O3. The van der Waals surface area contributed by atoms with Crippen LogP contribution in [0.15, 0.2) is 12.1 Å². The standard InChI is InChI=1S/C16H18ClN3O3/c1-3-23-15-13(17)10-12(11-14(15)22-2)16(21)20(8-4-6-18)9-5-7-19/h10-11H,3-5,8-9H2,1-2H3. The molecule has 1 rings (SSSR count). The molecule has 0 N–H and O–H groups in total. The van der Waals surface area contributed by atoms with Gasteiger partial charge in [0.1, 0.15) is 0 Å². The first kappa shape index (κ1) is 18.6. The van der Waals surface area contributed by atoms with Gasteiger partial charge in [-0.15, -0.1) is 0 Å². The number of rotatable bonds is 8. The van der Waals surface area contributed by atoms with Crippen LogP contribution >= 0.6 is 11.6 Å². The molecule has 0 atom stereocenters. The van der Waals surface area contributed by atoms with Crippen LogP contribution in [0, 0.1) is 22.7 Å². The lowest BCUT2D eigenvalue weighted by Gasteiger charge is -2.21. The van der Waals surface area contributed by atoms with Crippen molar-refractivity contribution in [2.24, 2.45) is 0 Å². The third-order valence-electron chi connectivity index (χ3n) is 3.04. The van der Waals surface area contributed by atoms with Gasteiger partial charge in [-0.1, -0.05) is 11.6 Å². The molecule has 122 valence electrons. The van der Waals surface area contributed by atoms with E-state index in [4.69, 9.17) is 31.6 Å². The fraction of sp³-hybridized carbons (Fsp3) is 0.438. The number of amides is 1. The van der Waals surface area contributed by atoms with Crippen molar-refractivity contribution < 1.29 is 14.3 Å². The van der Waals surface area contributed by atoms with Crippen molar-refractivity contribution in [3.8, 4) is 23.6 Å². The van der Waals surface area contributed by atoms with Gasteiger partial charge in [0.05, 0.1) is 43.7 Å². The number of nitriles is 2. The van der Waals surface area contributed by atoms with E-state index in [0.717, 1.165) is 0 Å². The zero-order valence-corrected chi connectivity index (χ0v) is 13.9. The first-order valence-electron chi connectivity index (χ1n) is 7.12. The van der Waals surface area contributed by atoms with Gasteiger partial charge >= 0.3 is 0 Å². The quantitative estimate of drug-likeness (QED) is 0.728. The van der Waals surface area contributed by atoms with Crippen LogP contribution in [0.25, 0.3) is 0 Å². The summed E-state index contributed by atoms with van der Waals surface area (Å²) in [7, 11) is 1.46. The zero-order chi connectivity index (χ0) is 17.2. The van der Waals surface area contributed by atoms with Gasteiger partial charge < -0.3 is 14.4 Å². The monoisotopic (exact) mass is 335 g/mol. The largest absolute Gasteiger partial charge is 0.493 e. The fourth-order valence-electron chi connectivity index (χ4n) is 2.00. The van der Waals surface area contributed by atoms with Crippen molar-refractivity contribution >= 4 is 17.5 Å². The van der Waals surface area contributed by atoms with E-state index in [1.807, 2.05) is 19.1 Å². The second-order valence-corrected chi connectivity index (χ2v) is 4.94. The normalized spacial score (nSPS) is 9.61. The summed E-state index contributed by atoms with van der Waals surface area (Å²) in [6, 6.07) is 7.04. The summed E-state index contributed by atoms with van der Waals surface area (Å²) in [5.41, 5.74) is 0.325. The van der Waals surface area contributed by atoms with Gasteiger partial charge in [-0.25, -0.2) is 0 Å². The molecule has 1 amide bonds. The second kappa shape index (κ2) is 9.55. The molecular weight excluding hydrogens is 318 g/mol.